The van der Waals surface area contributed by atoms with Crippen molar-refractivity contribution in [1.82, 2.24) is 0 Å². The summed E-state index contributed by atoms with van der Waals surface area (Å²) in [5.74, 6) is 1.47. The molecule has 2 aromatic carbocycles. The Hall–Kier alpha value is -3.48. The number of carbonyl (C=O) groups is 2. The van der Waals surface area contributed by atoms with Crippen molar-refractivity contribution in [2.24, 2.45) is 0 Å². The summed E-state index contributed by atoms with van der Waals surface area (Å²) in [7, 11) is 3.10. The van der Waals surface area contributed by atoms with Crippen molar-refractivity contribution < 1.29 is 33.3 Å². The van der Waals surface area contributed by atoms with Crippen LogP contribution in [0.25, 0.3) is 6.08 Å². The highest BCUT2D eigenvalue weighted by Crippen LogP contribution is 2.38. The minimum absolute atomic E-state index is 0.192. The van der Waals surface area contributed by atoms with E-state index in [1.165, 1.54) is 0 Å². The van der Waals surface area contributed by atoms with Gasteiger partial charge in [-0.15, -0.1) is 0 Å². The Bertz CT molecular complexity index is 975. The smallest absolute Gasteiger partial charge is 0.344 e. The van der Waals surface area contributed by atoms with E-state index in [4.69, 9.17) is 23.7 Å². The number of benzene rings is 2. The molecule has 0 N–H and O–H groups in total. The van der Waals surface area contributed by atoms with Gasteiger partial charge in [0.05, 0.1) is 26.4 Å². The molecule has 0 radical (unpaired) electrons. The van der Waals surface area contributed by atoms with E-state index < -0.39 is 5.97 Å². The molecular formula is C22H22O7. The Morgan fingerprint density at radius 1 is 1.10 bits per heavy atom. The second kappa shape index (κ2) is 8.68. The molecular weight excluding hydrogens is 376 g/mol. The zero-order valence-electron chi connectivity index (χ0n) is 16.7. The summed E-state index contributed by atoms with van der Waals surface area (Å²) in [6.45, 7) is 3.58. The molecule has 152 valence electrons. The van der Waals surface area contributed by atoms with Crippen LogP contribution in [0, 0.1) is 6.92 Å². The van der Waals surface area contributed by atoms with Crippen molar-refractivity contribution in [3.63, 3.8) is 0 Å². The molecule has 0 unspecified atom stereocenters. The van der Waals surface area contributed by atoms with Crippen LogP contribution in [0.2, 0.25) is 0 Å². The highest BCUT2D eigenvalue weighted by Gasteiger charge is 2.30. The standard InChI is InChI=1S/C22H22O7/c1-5-27-20(23)12-28-15-8-13(2)21-18(11-15)29-19(22(21)24)10-14-6-7-16(25-3)17(9-14)26-4/h6-11H,5,12H2,1-4H3/b19-10-. The molecule has 29 heavy (non-hydrogen) atoms. The lowest BCUT2D eigenvalue weighted by atomic mass is 10.0. The van der Waals surface area contributed by atoms with E-state index in [0.29, 0.717) is 34.1 Å². The number of fused-ring (bicyclic) bond motifs is 1. The lowest BCUT2D eigenvalue weighted by molar-refractivity contribution is -0.145. The lowest BCUT2D eigenvalue weighted by Gasteiger charge is -2.08. The molecule has 0 bridgehead atoms. The van der Waals surface area contributed by atoms with Gasteiger partial charge >= 0.3 is 5.97 Å². The Balaban J connectivity index is 1.84. The Morgan fingerprint density at radius 3 is 2.55 bits per heavy atom. The van der Waals surface area contributed by atoms with Gasteiger partial charge in [0.1, 0.15) is 11.5 Å². The summed E-state index contributed by atoms with van der Waals surface area (Å²) in [5, 5.41) is 0. The van der Waals surface area contributed by atoms with Crippen LogP contribution in [0.1, 0.15) is 28.4 Å². The zero-order chi connectivity index (χ0) is 21.0. The summed E-state index contributed by atoms with van der Waals surface area (Å²) in [6.07, 6.45) is 1.64. The Morgan fingerprint density at radius 2 is 1.86 bits per heavy atom. The first-order valence-corrected chi connectivity index (χ1v) is 9.06. The van der Waals surface area contributed by atoms with Crippen molar-refractivity contribution in [3.8, 4) is 23.0 Å². The third-order valence-electron chi connectivity index (χ3n) is 4.31. The van der Waals surface area contributed by atoms with Gasteiger partial charge < -0.3 is 23.7 Å². The number of esters is 1. The number of Topliss-reactive ketones (excluding diaryl/α,β-unsaturated/α-hetero) is 1. The van der Waals surface area contributed by atoms with Gasteiger partial charge in [0.15, 0.2) is 23.9 Å². The summed E-state index contributed by atoms with van der Waals surface area (Å²) in [4.78, 5) is 24.3. The highest BCUT2D eigenvalue weighted by atomic mass is 16.6. The second-order valence-electron chi connectivity index (χ2n) is 6.26. The quantitative estimate of drug-likeness (QED) is 0.521. The van der Waals surface area contributed by atoms with Gasteiger partial charge in [-0.3, -0.25) is 4.79 Å². The minimum Gasteiger partial charge on any atom is -0.493 e. The fourth-order valence-electron chi connectivity index (χ4n) is 3.00. The summed E-state index contributed by atoms with van der Waals surface area (Å²) in [5.41, 5.74) is 1.90. The van der Waals surface area contributed by atoms with E-state index in [9.17, 15) is 9.59 Å². The Labute approximate surface area is 168 Å². The number of hydrogen-bond acceptors (Lipinski definition) is 7. The molecule has 0 amide bonds. The van der Waals surface area contributed by atoms with Crippen molar-refractivity contribution in [1.29, 1.82) is 0 Å². The molecule has 0 saturated heterocycles. The van der Waals surface area contributed by atoms with Crippen molar-refractivity contribution in [2.75, 3.05) is 27.4 Å². The van der Waals surface area contributed by atoms with Crippen LogP contribution in [0.3, 0.4) is 0 Å². The van der Waals surface area contributed by atoms with Gasteiger partial charge in [0, 0.05) is 6.07 Å². The molecule has 2 aromatic rings. The molecule has 0 fully saturated rings. The zero-order valence-corrected chi connectivity index (χ0v) is 16.7. The first-order chi connectivity index (χ1) is 14.0. The van der Waals surface area contributed by atoms with Gasteiger partial charge in [0.25, 0.3) is 0 Å². The number of ether oxygens (including phenoxy) is 5. The predicted octanol–water partition coefficient (Wildman–Crippen LogP) is 3.57. The van der Waals surface area contributed by atoms with Crippen LogP contribution < -0.4 is 18.9 Å². The molecule has 1 aliphatic rings. The number of hydrogen-bond donors (Lipinski definition) is 0. The average Bonchev–Trinajstić information content (AvgIpc) is 3.02. The fraction of sp³-hybridized carbons (Fsp3) is 0.273. The fourth-order valence-corrected chi connectivity index (χ4v) is 3.00. The summed E-state index contributed by atoms with van der Waals surface area (Å²) < 4.78 is 26.6. The maximum atomic E-state index is 12.8. The predicted molar refractivity (Wildman–Crippen MR) is 106 cm³/mol. The van der Waals surface area contributed by atoms with Crippen LogP contribution in [-0.4, -0.2) is 39.2 Å². The molecule has 1 aliphatic heterocycles. The lowest BCUT2D eigenvalue weighted by Crippen LogP contribution is -2.14. The van der Waals surface area contributed by atoms with Crippen molar-refractivity contribution in [3.05, 3.63) is 52.8 Å². The van der Waals surface area contributed by atoms with Crippen LogP contribution in [0.5, 0.6) is 23.0 Å². The van der Waals surface area contributed by atoms with E-state index in [1.807, 2.05) is 0 Å². The SMILES string of the molecule is CCOC(=O)COc1cc(C)c2c(c1)O/C(=C\c1ccc(OC)c(OC)c1)C2=O. The Kier molecular flexibility index (Phi) is 6.07. The number of aryl methyl sites for hydroxylation is 1. The monoisotopic (exact) mass is 398 g/mol. The molecule has 0 aliphatic carbocycles. The number of allylic oxidation sites excluding steroid dienone is 1. The third-order valence-corrected chi connectivity index (χ3v) is 4.31. The minimum atomic E-state index is -0.461. The largest absolute Gasteiger partial charge is 0.493 e. The average molecular weight is 398 g/mol. The van der Waals surface area contributed by atoms with Gasteiger partial charge in [-0.2, -0.15) is 0 Å². The van der Waals surface area contributed by atoms with E-state index in [0.717, 1.165) is 5.56 Å². The van der Waals surface area contributed by atoms with Gasteiger partial charge in [-0.1, -0.05) is 6.07 Å². The van der Waals surface area contributed by atoms with Crippen LogP contribution in [0.4, 0.5) is 0 Å². The molecule has 3 rings (SSSR count). The van der Waals surface area contributed by atoms with Crippen molar-refractivity contribution in [2.45, 2.75) is 13.8 Å². The summed E-state index contributed by atoms with van der Waals surface area (Å²) in [6, 6.07) is 8.60. The molecule has 0 aromatic heterocycles. The maximum absolute atomic E-state index is 12.8. The van der Waals surface area contributed by atoms with Gasteiger partial charge in [-0.25, -0.2) is 4.79 Å². The number of carbonyl (C=O) groups excluding carboxylic acids is 2. The molecule has 0 spiro atoms. The van der Waals surface area contributed by atoms with E-state index >= 15 is 0 Å². The first-order valence-electron chi connectivity index (χ1n) is 9.06. The van der Waals surface area contributed by atoms with Crippen LogP contribution >= 0.6 is 0 Å². The highest BCUT2D eigenvalue weighted by molar-refractivity contribution is 6.15. The molecule has 7 nitrogen and oxygen atoms in total. The van der Waals surface area contributed by atoms with Gasteiger partial charge in [-0.05, 0) is 49.2 Å². The molecule has 1 heterocycles. The van der Waals surface area contributed by atoms with E-state index in [2.05, 4.69) is 0 Å². The first kappa shape index (κ1) is 20.3. The normalized spacial score (nSPS) is 13.7. The third kappa shape index (κ3) is 4.34. The van der Waals surface area contributed by atoms with Gasteiger partial charge in [0.2, 0.25) is 5.78 Å². The number of rotatable bonds is 7. The number of methoxy groups -OCH3 is 2. The van der Waals surface area contributed by atoms with Crippen LogP contribution in [-0.2, 0) is 9.53 Å². The second-order valence-corrected chi connectivity index (χ2v) is 6.26. The molecule has 0 saturated carbocycles. The topological polar surface area (TPSA) is 80.3 Å². The summed E-state index contributed by atoms with van der Waals surface area (Å²) >= 11 is 0. The molecule has 0 atom stereocenters. The maximum Gasteiger partial charge on any atom is 0.344 e. The number of ketones is 1. The van der Waals surface area contributed by atoms with Crippen LogP contribution in [0.15, 0.2) is 36.1 Å². The van der Waals surface area contributed by atoms with Crippen molar-refractivity contribution >= 4 is 17.8 Å². The van der Waals surface area contributed by atoms with E-state index in [1.54, 1.807) is 64.5 Å². The van der Waals surface area contributed by atoms with E-state index in [-0.39, 0.29) is 24.8 Å². The molecule has 7 heteroatoms.